The average Bonchev–Trinajstić information content (AvgIpc) is 3.01. The molecule has 22 heavy (non-hydrogen) atoms. The molecule has 0 bridgehead atoms. The molecule has 0 radical (unpaired) electrons. The number of aryl methyl sites for hydroxylation is 2. The van der Waals surface area contributed by atoms with E-state index in [0.717, 1.165) is 28.2 Å². The van der Waals surface area contributed by atoms with Crippen molar-refractivity contribution in [3.8, 4) is 0 Å². The van der Waals surface area contributed by atoms with Gasteiger partial charge in [0.05, 0.1) is 5.52 Å². The standard InChI is InChI=1S/C17H15N5/c1-11-6-5-7-12(2)15(11)20-17-19-14-9-4-3-8-13(14)16-21-18-10-22(16)17/h3-10H,1-2H3,(H,19,20). The minimum Gasteiger partial charge on any atom is -0.325 e. The molecule has 0 spiro atoms. The second-order valence-electron chi connectivity index (χ2n) is 5.37. The van der Waals surface area contributed by atoms with Crippen molar-refractivity contribution in [2.75, 3.05) is 5.32 Å². The molecular formula is C17H15N5. The topological polar surface area (TPSA) is 55.1 Å². The van der Waals surface area contributed by atoms with Crippen LogP contribution < -0.4 is 5.32 Å². The van der Waals surface area contributed by atoms with Crippen LogP contribution in [-0.2, 0) is 0 Å². The maximum absolute atomic E-state index is 4.72. The van der Waals surface area contributed by atoms with Crippen LogP contribution in [0.15, 0.2) is 48.8 Å². The molecule has 108 valence electrons. The zero-order valence-electron chi connectivity index (χ0n) is 12.4. The average molecular weight is 289 g/mol. The van der Waals surface area contributed by atoms with E-state index in [0.29, 0.717) is 0 Å². The molecule has 1 N–H and O–H groups in total. The maximum Gasteiger partial charge on any atom is 0.215 e. The molecular weight excluding hydrogens is 274 g/mol. The summed E-state index contributed by atoms with van der Waals surface area (Å²) >= 11 is 0. The summed E-state index contributed by atoms with van der Waals surface area (Å²) in [4.78, 5) is 4.72. The number of hydrogen-bond donors (Lipinski definition) is 1. The van der Waals surface area contributed by atoms with Crippen LogP contribution in [0.1, 0.15) is 11.1 Å². The zero-order valence-corrected chi connectivity index (χ0v) is 12.4. The van der Waals surface area contributed by atoms with Gasteiger partial charge in [-0.15, -0.1) is 10.2 Å². The van der Waals surface area contributed by atoms with E-state index in [9.17, 15) is 0 Å². The van der Waals surface area contributed by atoms with Gasteiger partial charge in [-0.1, -0.05) is 30.3 Å². The van der Waals surface area contributed by atoms with Crippen molar-refractivity contribution in [3.63, 3.8) is 0 Å². The van der Waals surface area contributed by atoms with Crippen LogP contribution >= 0.6 is 0 Å². The molecule has 2 heterocycles. The summed E-state index contributed by atoms with van der Waals surface area (Å²) in [6.45, 7) is 4.17. The number of aromatic nitrogens is 4. The first-order chi connectivity index (χ1) is 10.7. The molecule has 2 aromatic heterocycles. The lowest BCUT2D eigenvalue weighted by molar-refractivity contribution is 1.08. The van der Waals surface area contributed by atoms with E-state index in [1.54, 1.807) is 6.33 Å². The maximum atomic E-state index is 4.72. The summed E-state index contributed by atoms with van der Waals surface area (Å²) < 4.78 is 1.88. The second-order valence-corrected chi connectivity index (χ2v) is 5.37. The number of para-hydroxylation sites is 2. The van der Waals surface area contributed by atoms with Crippen LogP contribution in [0.5, 0.6) is 0 Å². The van der Waals surface area contributed by atoms with Gasteiger partial charge in [0.15, 0.2) is 5.65 Å². The summed E-state index contributed by atoms with van der Waals surface area (Å²) in [5.41, 5.74) is 5.13. The van der Waals surface area contributed by atoms with Gasteiger partial charge >= 0.3 is 0 Å². The van der Waals surface area contributed by atoms with Crippen LogP contribution in [0.4, 0.5) is 11.6 Å². The molecule has 2 aromatic carbocycles. The highest BCUT2D eigenvalue weighted by Gasteiger charge is 2.11. The quantitative estimate of drug-likeness (QED) is 0.612. The Bertz CT molecular complexity index is 967. The normalized spacial score (nSPS) is 11.2. The van der Waals surface area contributed by atoms with Gasteiger partial charge in [0.2, 0.25) is 5.95 Å². The zero-order chi connectivity index (χ0) is 15.1. The minimum atomic E-state index is 0.719. The van der Waals surface area contributed by atoms with Gasteiger partial charge < -0.3 is 5.32 Å². The van der Waals surface area contributed by atoms with Gasteiger partial charge in [-0.3, -0.25) is 4.40 Å². The van der Waals surface area contributed by atoms with Crippen LogP contribution in [0.3, 0.4) is 0 Å². The monoisotopic (exact) mass is 289 g/mol. The van der Waals surface area contributed by atoms with Crippen molar-refractivity contribution in [1.29, 1.82) is 0 Å². The van der Waals surface area contributed by atoms with E-state index in [1.807, 2.05) is 28.7 Å². The largest absolute Gasteiger partial charge is 0.325 e. The summed E-state index contributed by atoms with van der Waals surface area (Å²) in [7, 11) is 0. The number of nitrogens with one attached hydrogen (secondary N) is 1. The first-order valence-electron chi connectivity index (χ1n) is 7.16. The lowest BCUT2D eigenvalue weighted by Gasteiger charge is -2.13. The number of nitrogens with zero attached hydrogens (tertiary/aromatic N) is 4. The summed E-state index contributed by atoms with van der Waals surface area (Å²) in [6, 6.07) is 14.2. The van der Waals surface area contributed by atoms with Crippen molar-refractivity contribution in [1.82, 2.24) is 19.6 Å². The molecule has 0 atom stereocenters. The number of anilines is 2. The van der Waals surface area contributed by atoms with Crippen LogP contribution in [0.2, 0.25) is 0 Å². The van der Waals surface area contributed by atoms with Gasteiger partial charge in [0, 0.05) is 11.1 Å². The number of rotatable bonds is 2. The van der Waals surface area contributed by atoms with E-state index >= 15 is 0 Å². The SMILES string of the molecule is Cc1cccc(C)c1Nc1nc2ccccc2c2nncn12. The Balaban J connectivity index is 1.96. The molecule has 0 saturated carbocycles. The highest BCUT2D eigenvalue weighted by Crippen LogP contribution is 2.26. The Labute approximate surface area is 127 Å². The second kappa shape index (κ2) is 4.80. The van der Waals surface area contributed by atoms with Gasteiger partial charge in [0.1, 0.15) is 6.33 Å². The number of hydrogen-bond acceptors (Lipinski definition) is 4. The molecule has 0 aliphatic rings. The smallest absolute Gasteiger partial charge is 0.215 e. The molecule has 5 heteroatoms. The molecule has 0 saturated heterocycles. The predicted octanol–water partition coefficient (Wildman–Crippen LogP) is 3.64. The van der Waals surface area contributed by atoms with Crippen molar-refractivity contribution in [3.05, 3.63) is 59.9 Å². The highest BCUT2D eigenvalue weighted by molar-refractivity contribution is 5.92. The Morgan fingerprint density at radius 1 is 0.955 bits per heavy atom. The Kier molecular flexibility index (Phi) is 2.79. The molecule has 4 aromatic rings. The Hall–Kier alpha value is -2.95. The Morgan fingerprint density at radius 2 is 1.73 bits per heavy atom. The molecule has 4 rings (SSSR count). The fourth-order valence-corrected chi connectivity index (χ4v) is 2.71. The molecule has 0 amide bonds. The van der Waals surface area contributed by atoms with Crippen LogP contribution in [0, 0.1) is 13.8 Å². The van der Waals surface area contributed by atoms with Gasteiger partial charge in [0.25, 0.3) is 0 Å². The van der Waals surface area contributed by atoms with E-state index < -0.39 is 0 Å². The fraction of sp³-hybridized carbons (Fsp3) is 0.118. The van der Waals surface area contributed by atoms with Crippen molar-refractivity contribution >= 4 is 28.2 Å². The van der Waals surface area contributed by atoms with Crippen molar-refractivity contribution < 1.29 is 0 Å². The third kappa shape index (κ3) is 1.90. The number of benzene rings is 2. The van der Waals surface area contributed by atoms with Crippen LogP contribution in [-0.4, -0.2) is 19.6 Å². The summed E-state index contributed by atoms with van der Waals surface area (Å²) in [6.07, 6.45) is 1.69. The van der Waals surface area contributed by atoms with E-state index in [-0.39, 0.29) is 0 Å². The van der Waals surface area contributed by atoms with E-state index in [2.05, 4.69) is 47.6 Å². The van der Waals surface area contributed by atoms with E-state index in [4.69, 9.17) is 4.98 Å². The molecule has 0 unspecified atom stereocenters. The third-order valence-corrected chi connectivity index (χ3v) is 3.87. The van der Waals surface area contributed by atoms with Crippen molar-refractivity contribution in [2.24, 2.45) is 0 Å². The lowest BCUT2D eigenvalue weighted by atomic mass is 10.1. The van der Waals surface area contributed by atoms with Crippen LogP contribution in [0.25, 0.3) is 16.6 Å². The van der Waals surface area contributed by atoms with Gasteiger partial charge in [-0.25, -0.2) is 4.98 Å². The number of fused-ring (bicyclic) bond motifs is 3. The first kappa shape index (κ1) is 12.8. The molecule has 0 aliphatic heterocycles. The summed E-state index contributed by atoms with van der Waals surface area (Å²) in [5, 5.41) is 12.7. The van der Waals surface area contributed by atoms with E-state index in [1.165, 1.54) is 11.1 Å². The predicted molar refractivity (Wildman–Crippen MR) is 87.5 cm³/mol. The molecule has 0 aliphatic carbocycles. The van der Waals surface area contributed by atoms with Gasteiger partial charge in [-0.2, -0.15) is 0 Å². The van der Waals surface area contributed by atoms with Gasteiger partial charge in [-0.05, 0) is 37.1 Å². The van der Waals surface area contributed by atoms with Crippen molar-refractivity contribution in [2.45, 2.75) is 13.8 Å². The minimum absolute atomic E-state index is 0.719. The Morgan fingerprint density at radius 3 is 2.55 bits per heavy atom. The lowest BCUT2D eigenvalue weighted by Crippen LogP contribution is -2.04. The molecule has 0 fully saturated rings. The third-order valence-electron chi connectivity index (χ3n) is 3.87. The fourth-order valence-electron chi connectivity index (χ4n) is 2.71. The highest BCUT2D eigenvalue weighted by atomic mass is 15.3. The summed E-state index contributed by atoms with van der Waals surface area (Å²) in [5.74, 6) is 0.719. The first-order valence-corrected chi connectivity index (χ1v) is 7.16. The molecule has 5 nitrogen and oxygen atoms in total.